The molecule has 0 amide bonds. The number of aliphatic hydroxyl groups is 3. The summed E-state index contributed by atoms with van der Waals surface area (Å²) < 4.78 is 64.8. The van der Waals surface area contributed by atoms with Crippen LogP contribution in [0.1, 0.15) is 11.1 Å². The van der Waals surface area contributed by atoms with E-state index in [-0.39, 0.29) is 38.2 Å². The molecule has 1 aliphatic heterocycles. The molecule has 23 heavy (non-hydrogen) atoms. The SMILES string of the molecule is O[C@H]1[C@H](O)CN(CCc2c(F)cc(C(F)(F)F)cc2F)C[C@@H]1O. The van der Waals surface area contributed by atoms with Gasteiger partial charge < -0.3 is 15.3 Å². The van der Waals surface area contributed by atoms with Gasteiger partial charge in [-0.1, -0.05) is 0 Å². The fourth-order valence-electron chi connectivity index (χ4n) is 2.53. The van der Waals surface area contributed by atoms with Crippen LogP contribution in [0.4, 0.5) is 22.0 Å². The van der Waals surface area contributed by atoms with Crippen LogP contribution in [0.3, 0.4) is 0 Å². The molecule has 1 heterocycles. The van der Waals surface area contributed by atoms with E-state index < -0.39 is 47.2 Å². The molecule has 1 aliphatic rings. The van der Waals surface area contributed by atoms with Gasteiger partial charge in [0, 0.05) is 25.2 Å². The van der Waals surface area contributed by atoms with Crippen LogP contribution in [0.15, 0.2) is 12.1 Å². The van der Waals surface area contributed by atoms with Crippen molar-refractivity contribution >= 4 is 0 Å². The van der Waals surface area contributed by atoms with Crippen molar-refractivity contribution in [2.24, 2.45) is 0 Å². The second kappa shape index (κ2) is 6.68. The predicted molar refractivity (Wildman–Crippen MR) is 69.5 cm³/mol. The van der Waals surface area contributed by atoms with Crippen LogP contribution in [0.5, 0.6) is 0 Å². The van der Waals surface area contributed by atoms with Gasteiger partial charge in [-0.2, -0.15) is 13.2 Å². The zero-order chi connectivity index (χ0) is 17.4. The third-order valence-corrected chi connectivity index (χ3v) is 3.83. The van der Waals surface area contributed by atoms with Gasteiger partial charge in [0.15, 0.2) is 0 Å². The summed E-state index contributed by atoms with van der Waals surface area (Å²) in [5.74, 6) is -2.59. The topological polar surface area (TPSA) is 63.9 Å². The molecule has 0 aromatic heterocycles. The Bertz CT molecular complexity index is 531. The number of hydrogen-bond donors (Lipinski definition) is 3. The number of benzene rings is 1. The largest absolute Gasteiger partial charge is 0.416 e. The first-order chi connectivity index (χ1) is 10.6. The Balaban J connectivity index is 2.07. The van der Waals surface area contributed by atoms with E-state index in [1.165, 1.54) is 4.90 Å². The first kappa shape index (κ1) is 18.1. The van der Waals surface area contributed by atoms with Crippen molar-refractivity contribution < 1.29 is 37.3 Å². The zero-order valence-corrected chi connectivity index (χ0v) is 11.9. The zero-order valence-electron chi connectivity index (χ0n) is 11.9. The van der Waals surface area contributed by atoms with E-state index in [2.05, 4.69) is 0 Å². The van der Waals surface area contributed by atoms with Crippen LogP contribution < -0.4 is 0 Å². The van der Waals surface area contributed by atoms with E-state index in [1.807, 2.05) is 0 Å². The molecule has 4 nitrogen and oxygen atoms in total. The highest BCUT2D eigenvalue weighted by molar-refractivity contribution is 5.28. The average Bonchev–Trinajstić information content (AvgIpc) is 2.42. The van der Waals surface area contributed by atoms with E-state index >= 15 is 0 Å². The molecule has 0 spiro atoms. The summed E-state index contributed by atoms with van der Waals surface area (Å²) in [5, 5.41) is 28.4. The number of β-amino-alcohol motifs (C(OH)–C–C–N with tert-alkyl or cyclic N) is 2. The van der Waals surface area contributed by atoms with Gasteiger partial charge in [0.25, 0.3) is 0 Å². The summed E-state index contributed by atoms with van der Waals surface area (Å²) in [6.07, 6.45) is -8.78. The normalized spacial score (nSPS) is 26.5. The summed E-state index contributed by atoms with van der Waals surface area (Å²) in [7, 11) is 0. The van der Waals surface area contributed by atoms with Gasteiger partial charge in [-0.15, -0.1) is 0 Å². The molecule has 0 saturated carbocycles. The van der Waals surface area contributed by atoms with E-state index in [0.717, 1.165) is 0 Å². The van der Waals surface area contributed by atoms with Crippen LogP contribution in [0.25, 0.3) is 0 Å². The van der Waals surface area contributed by atoms with E-state index in [9.17, 15) is 37.3 Å². The van der Waals surface area contributed by atoms with Gasteiger partial charge in [0.1, 0.15) is 17.7 Å². The minimum Gasteiger partial charge on any atom is -0.389 e. The fraction of sp³-hybridized carbons (Fsp3) is 0.571. The Hall–Kier alpha value is -1.29. The number of alkyl halides is 3. The number of nitrogens with zero attached hydrogens (tertiary/aromatic N) is 1. The minimum absolute atomic E-state index is 0.0118. The lowest BCUT2D eigenvalue weighted by Gasteiger charge is -2.36. The second-order valence-corrected chi connectivity index (χ2v) is 5.55. The van der Waals surface area contributed by atoms with Crippen LogP contribution in [0, 0.1) is 11.6 Å². The molecule has 2 rings (SSSR count). The Morgan fingerprint density at radius 3 is 1.91 bits per heavy atom. The van der Waals surface area contributed by atoms with Crippen molar-refractivity contribution in [3.05, 3.63) is 34.9 Å². The van der Waals surface area contributed by atoms with Gasteiger partial charge in [-0.25, -0.2) is 8.78 Å². The van der Waals surface area contributed by atoms with Crippen LogP contribution in [-0.2, 0) is 12.6 Å². The molecular weight excluding hydrogens is 325 g/mol. The summed E-state index contributed by atoms with van der Waals surface area (Å²) in [4.78, 5) is 1.47. The van der Waals surface area contributed by atoms with E-state index in [4.69, 9.17) is 0 Å². The Kier molecular flexibility index (Phi) is 5.24. The van der Waals surface area contributed by atoms with Crippen molar-refractivity contribution in [1.29, 1.82) is 0 Å². The van der Waals surface area contributed by atoms with Crippen molar-refractivity contribution in [1.82, 2.24) is 4.90 Å². The smallest absolute Gasteiger partial charge is 0.389 e. The Morgan fingerprint density at radius 1 is 1.00 bits per heavy atom. The van der Waals surface area contributed by atoms with Gasteiger partial charge >= 0.3 is 6.18 Å². The van der Waals surface area contributed by atoms with Crippen molar-refractivity contribution in [2.45, 2.75) is 30.9 Å². The summed E-state index contributed by atoms with van der Waals surface area (Å²) in [6, 6.07) is 0.476. The highest BCUT2D eigenvalue weighted by Crippen LogP contribution is 2.31. The lowest BCUT2D eigenvalue weighted by Crippen LogP contribution is -2.55. The highest BCUT2D eigenvalue weighted by atomic mass is 19.4. The first-order valence-electron chi connectivity index (χ1n) is 6.91. The number of halogens is 5. The van der Waals surface area contributed by atoms with Crippen molar-refractivity contribution in [3.63, 3.8) is 0 Å². The third-order valence-electron chi connectivity index (χ3n) is 3.83. The first-order valence-corrected chi connectivity index (χ1v) is 6.91. The number of rotatable bonds is 3. The number of likely N-dealkylation sites (tertiary alicyclic amines) is 1. The maximum Gasteiger partial charge on any atom is 0.416 e. The molecule has 1 saturated heterocycles. The third kappa shape index (κ3) is 4.17. The van der Waals surface area contributed by atoms with Gasteiger partial charge in [0.2, 0.25) is 0 Å². The van der Waals surface area contributed by atoms with Gasteiger partial charge in [-0.3, -0.25) is 4.90 Å². The average molecular weight is 341 g/mol. The van der Waals surface area contributed by atoms with Gasteiger partial charge in [-0.05, 0) is 18.6 Å². The highest BCUT2D eigenvalue weighted by Gasteiger charge is 2.34. The molecule has 130 valence electrons. The maximum atomic E-state index is 13.7. The molecular formula is C14H16F5NO3. The molecule has 3 atom stereocenters. The van der Waals surface area contributed by atoms with Gasteiger partial charge in [0.05, 0.1) is 17.8 Å². The summed E-state index contributed by atoms with van der Waals surface area (Å²) in [5.41, 5.74) is -1.89. The second-order valence-electron chi connectivity index (χ2n) is 5.55. The number of aliphatic hydroxyl groups excluding tert-OH is 3. The molecule has 3 N–H and O–H groups in total. The molecule has 9 heteroatoms. The van der Waals surface area contributed by atoms with Crippen molar-refractivity contribution in [3.8, 4) is 0 Å². The molecule has 0 bridgehead atoms. The molecule has 1 aromatic carbocycles. The quantitative estimate of drug-likeness (QED) is 0.716. The predicted octanol–water partition coefficient (Wildman–Crippen LogP) is 0.924. The van der Waals surface area contributed by atoms with Crippen LogP contribution in [0.2, 0.25) is 0 Å². The van der Waals surface area contributed by atoms with Crippen molar-refractivity contribution in [2.75, 3.05) is 19.6 Å². The summed E-state index contributed by atoms with van der Waals surface area (Å²) >= 11 is 0. The fourth-order valence-corrected chi connectivity index (χ4v) is 2.53. The molecule has 0 radical (unpaired) electrons. The van der Waals surface area contributed by atoms with E-state index in [1.54, 1.807) is 0 Å². The molecule has 0 unspecified atom stereocenters. The number of hydrogen-bond acceptors (Lipinski definition) is 4. The monoisotopic (exact) mass is 341 g/mol. The lowest BCUT2D eigenvalue weighted by atomic mass is 10.0. The standard InChI is InChI=1S/C14H16F5NO3/c15-9-3-7(14(17,18)19)4-10(16)8(9)1-2-20-5-11(21)13(23)12(22)6-20/h3-4,11-13,21-23H,1-2,5-6H2/t11-,12+,13+. The Labute approximate surface area is 128 Å². The maximum absolute atomic E-state index is 13.7. The Morgan fingerprint density at radius 2 is 1.48 bits per heavy atom. The van der Waals surface area contributed by atoms with Crippen LogP contribution >= 0.6 is 0 Å². The number of piperidine rings is 1. The molecule has 1 fully saturated rings. The lowest BCUT2D eigenvalue weighted by molar-refractivity contribution is -0.138. The minimum atomic E-state index is -4.84. The van der Waals surface area contributed by atoms with E-state index in [0.29, 0.717) is 0 Å². The van der Waals surface area contributed by atoms with Crippen LogP contribution in [-0.4, -0.2) is 58.2 Å². The summed E-state index contributed by atoms with van der Waals surface area (Å²) in [6.45, 7) is -0.00968. The molecule has 1 aromatic rings. The molecule has 0 aliphatic carbocycles.